The fraction of sp³-hybridized carbons (Fsp3) is 0.409. The molecule has 0 unspecified atom stereocenters. The molecule has 2 aromatic carbocycles. The maximum atomic E-state index is 13.5. The van der Waals surface area contributed by atoms with Crippen molar-refractivity contribution in [1.82, 2.24) is 4.31 Å². The molecule has 5 nitrogen and oxygen atoms in total. The van der Waals surface area contributed by atoms with Gasteiger partial charge in [0.2, 0.25) is 15.9 Å². The van der Waals surface area contributed by atoms with Crippen molar-refractivity contribution in [1.29, 1.82) is 0 Å². The molecule has 0 spiro atoms. The Morgan fingerprint density at radius 1 is 1.00 bits per heavy atom. The van der Waals surface area contributed by atoms with E-state index in [4.69, 9.17) is 0 Å². The Hall–Kier alpha value is -2.32. The summed E-state index contributed by atoms with van der Waals surface area (Å²) in [6.07, 6.45) is 5.01. The van der Waals surface area contributed by atoms with Crippen molar-refractivity contribution in [2.24, 2.45) is 5.92 Å². The summed E-state index contributed by atoms with van der Waals surface area (Å²) in [5.74, 6) is -2.68. The van der Waals surface area contributed by atoms with E-state index in [1.54, 1.807) is 0 Å². The van der Waals surface area contributed by atoms with E-state index >= 15 is 0 Å². The number of carbonyl (C=O) groups is 1. The van der Waals surface area contributed by atoms with Gasteiger partial charge < -0.3 is 5.32 Å². The molecule has 0 radical (unpaired) electrons. The van der Waals surface area contributed by atoms with Crippen LogP contribution in [0.3, 0.4) is 0 Å². The average Bonchev–Trinajstić information content (AvgIpc) is 2.76. The second kappa shape index (κ2) is 8.43. The van der Waals surface area contributed by atoms with Gasteiger partial charge in [-0.15, -0.1) is 0 Å². The Morgan fingerprint density at radius 2 is 1.73 bits per heavy atom. The van der Waals surface area contributed by atoms with Gasteiger partial charge in [0.05, 0.1) is 4.90 Å². The van der Waals surface area contributed by atoms with Gasteiger partial charge in [0.25, 0.3) is 0 Å². The first-order chi connectivity index (χ1) is 14.4. The lowest BCUT2D eigenvalue weighted by molar-refractivity contribution is -0.120. The maximum absolute atomic E-state index is 13.5. The summed E-state index contributed by atoms with van der Waals surface area (Å²) < 4.78 is 53.2. The van der Waals surface area contributed by atoms with E-state index < -0.39 is 21.7 Å². The van der Waals surface area contributed by atoms with Crippen molar-refractivity contribution in [3.63, 3.8) is 0 Å². The van der Waals surface area contributed by atoms with Crippen LogP contribution >= 0.6 is 0 Å². The molecule has 2 aliphatic rings. The largest absolute Gasteiger partial charge is 0.326 e. The number of amides is 1. The third kappa shape index (κ3) is 4.11. The van der Waals surface area contributed by atoms with Crippen LogP contribution in [0.5, 0.6) is 0 Å². The Balaban J connectivity index is 1.41. The first-order valence-electron chi connectivity index (χ1n) is 10.2. The second-order valence-electron chi connectivity index (χ2n) is 7.89. The minimum atomic E-state index is -3.93. The molecule has 1 aliphatic carbocycles. The number of hydrogen-bond donors (Lipinski definition) is 1. The van der Waals surface area contributed by atoms with E-state index in [0.29, 0.717) is 18.9 Å². The van der Waals surface area contributed by atoms with E-state index in [0.717, 1.165) is 43.5 Å². The van der Waals surface area contributed by atoms with Gasteiger partial charge in [0, 0.05) is 24.7 Å². The predicted molar refractivity (Wildman–Crippen MR) is 110 cm³/mol. The van der Waals surface area contributed by atoms with Crippen LogP contribution in [0, 0.1) is 17.6 Å². The molecule has 1 amide bonds. The molecular weight excluding hydrogens is 410 g/mol. The quantitative estimate of drug-likeness (QED) is 0.794. The first-order valence-corrected chi connectivity index (χ1v) is 11.7. The highest BCUT2D eigenvalue weighted by molar-refractivity contribution is 7.89. The zero-order valence-corrected chi connectivity index (χ0v) is 17.4. The van der Waals surface area contributed by atoms with Crippen LogP contribution in [0.2, 0.25) is 0 Å². The molecule has 30 heavy (non-hydrogen) atoms. The number of rotatable bonds is 4. The number of aryl methyl sites for hydroxylation is 1. The molecule has 160 valence electrons. The van der Waals surface area contributed by atoms with Crippen molar-refractivity contribution in [2.45, 2.75) is 43.4 Å². The van der Waals surface area contributed by atoms with Crippen molar-refractivity contribution in [3.8, 4) is 0 Å². The molecule has 0 bridgehead atoms. The van der Waals surface area contributed by atoms with E-state index in [-0.39, 0.29) is 29.8 Å². The average molecular weight is 435 g/mol. The zero-order chi connectivity index (χ0) is 21.3. The Bertz CT molecular complexity index is 1060. The molecule has 1 heterocycles. The van der Waals surface area contributed by atoms with Gasteiger partial charge in [0.1, 0.15) is 0 Å². The number of carbonyl (C=O) groups excluding carboxylic acids is 1. The number of anilines is 1. The smallest absolute Gasteiger partial charge is 0.243 e. The summed E-state index contributed by atoms with van der Waals surface area (Å²) in [6, 6.07) is 8.54. The normalized spacial score (nSPS) is 18.1. The molecule has 1 N–H and O–H groups in total. The summed E-state index contributed by atoms with van der Waals surface area (Å²) in [7, 11) is -3.93. The van der Waals surface area contributed by atoms with Crippen LogP contribution in [-0.4, -0.2) is 31.7 Å². The SMILES string of the molecule is O=C(Nc1cccc2c1CCCC2)C1CCN(S(=O)(=O)c2ccc(F)c(F)c2)CC1. The van der Waals surface area contributed by atoms with Crippen molar-refractivity contribution in [3.05, 3.63) is 59.2 Å². The topological polar surface area (TPSA) is 66.5 Å². The Morgan fingerprint density at radius 3 is 2.47 bits per heavy atom. The number of nitrogens with zero attached hydrogens (tertiary/aromatic N) is 1. The lowest BCUT2D eigenvalue weighted by Crippen LogP contribution is -2.41. The lowest BCUT2D eigenvalue weighted by atomic mass is 9.90. The summed E-state index contributed by atoms with van der Waals surface area (Å²) in [4.78, 5) is 12.5. The number of sulfonamides is 1. The van der Waals surface area contributed by atoms with E-state index in [2.05, 4.69) is 11.4 Å². The second-order valence-corrected chi connectivity index (χ2v) is 9.83. The van der Waals surface area contributed by atoms with Gasteiger partial charge in [-0.25, -0.2) is 17.2 Å². The molecule has 1 saturated heterocycles. The third-order valence-electron chi connectivity index (χ3n) is 6.01. The first kappa shape index (κ1) is 20.9. The molecule has 1 fully saturated rings. The van der Waals surface area contributed by atoms with Crippen molar-refractivity contribution in [2.75, 3.05) is 18.4 Å². The summed E-state index contributed by atoms with van der Waals surface area (Å²) in [6.45, 7) is 0.318. The molecular formula is C22H24F2N2O3S. The highest BCUT2D eigenvalue weighted by atomic mass is 32.2. The van der Waals surface area contributed by atoms with Gasteiger partial charge in [-0.05, 0) is 73.9 Å². The fourth-order valence-electron chi connectivity index (χ4n) is 4.28. The van der Waals surface area contributed by atoms with Crippen LogP contribution in [0.25, 0.3) is 0 Å². The molecule has 4 rings (SSSR count). The molecule has 0 atom stereocenters. The fourth-order valence-corrected chi connectivity index (χ4v) is 5.76. The highest BCUT2D eigenvalue weighted by Gasteiger charge is 2.32. The van der Waals surface area contributed by atoms with E-state index in [1.807, 2.05) is 12.1 Å². The zero-order valence-electron chi connectivity index (χ0n) is 16.5. The molecule has 0 saturated carbocycles. The standard InChI is InChI=1S/C22H24F2N2O3S/c23-19-9-8-17(14-20(19)24)30(28,29)26-12-10-16(11-13-26)22(27)25-21-7-3-5-15-4-1-2-6-18(15)21/h3,5,7-9,14,16H,1-2,4,6,10-13H2,(H,25,27). The van der Waals surface area contributed by atoms with Gasteiger partial charge in [-0.1, -0.05) is 12.1 Å². The Kier molecular flexibility index (Phi) is 5.88. The molecule has 2 aromatic rings. The van der Waals surface area contributed by atoms with E-state index in [1.165, 1.54) is 15.4 Å². The number of piperidine rings is 1. The van der Waals surface area contributed by atoms with Crippen LogP contribution in [0.4, 0.5) is 14.5 Å². The monoisotopic (exact) mass is 434 g/mol. The van der Waals surface area contributed by atoms with Crippen molar-refractivity contribution < 1.29 is 22.0 Å². The van der Waals surface area contributed by atoms with Gasteiger partial charge in [0.15, 0.2) is 11.6 Å². The van der Waals surface area contributed by atoms with Gasteiger partial charge in [-0.2, -0.15) is 4.31 Å². The Labute approximate surface area is 175 Å². The van der Waals surface area contributed by atoms with Crippen molar-refractivity contribution >= 4 is 21.6 Å². The number of nitrogens with one attached hydrogen (secondary N) is 1. The summed E-state index contributed by atoms with van der Waals surface area (Å²) in [5.41, 5.74) is 3.34. The van der Waals surface area contributed by atoms with Gasteiger partial charge >= 0.3 is 0 Å². The van der Waals surface area contributed by atoms with E-state index in [9.17, 15) is 22.0 Å². The molecule has 1 aliphatic heterocycles. The van der Waals surface area contributed by atoms with Crippen LogP contribution < -0.4 is 5.32 Å². The third-order valence-corrected chi connectivity index (χ3v) is 7.90. The van der Waals surface area contributed by atoms with Crippen LogP contribution in [0.1, 0.15) is 36.8 Å². The minimum absolute atomic E-state index is 0.0983. The summed E-state index contributed by atoms with van der Waals surface area (Å²) in [5, 5.41) is 3.04. The molecule has 8 heteroatoms. The number of benzene rings is 2. The lowest BCUT2D eigenvalue weighted by Gasteiger charge is -2.31. The molecule has 0 aromatic heterocycles. The number of halogens is 2. The predicted octanol–water partition coefficient (Wildman–Crippen LogP) is 3.88. The number of hydrogen-bond acceptors (Lipinski definition) is 3. The number of fused-ring (bicyclic) bond motifs is 1. The maximum Gasteiger partial charge on any atom is 0.243 e. The van der Waals surface area contributed by atoms with Gasteiger partial charge in [-0.3, -0.25) is 4.79 Å². The van der Waals surface area contributed by atoms with Crippen LogP contribution in [-0.2, 0) is 27.7 Å². The highest BCUT2D eigenvalue weighted by Crippen LogP contribution is 2.30. The summed E-state index contributed by atoms with van der Waals surface area (Å²) >= 11 is 0. The minimum Gasteiger partial charge on any atom is -0.326 e. The van der Waals surface area contributed by atoms with Crippen LogP contribution in [0.15, 0.2) is 41.3 Å².